The SMILES string of the molecule is N#CC1(NC2CC2)CCC(Sc2cc(Cl)ccc2Cl)C1. The summed E-state index contributed by atoms with van der Waals surface area (Å²) in [5.74, 6) is 0. The maximum absolute atomic E-state index is 9.51. The number of nitriles is 1. The molecule has 0 radical (unpaired) electrons. The quantitative estimate of drug-likeness (QED) is 0.874. The molecule has 2 nitrogen and oxygen atoms in total. The normalized spacial score (nSPS) is 29.4. The van der Waals surface area contributed by atoms with Crippen molar-refractivity contribution in [2.45, 2.75) is 53.8 Å². The maximum Gasteiger partial charge on any atom is 0.108 e. The van der Waals surface area contributed by atoms with Crippen LogP contribution < -0.4 is 5.32 Å². The average molecular weight is 327 g/mol. The van der Waals surface area contributed by atoms with Crippen molar-refractivity contribution in [3.05, 3.63) is 28.2 Å². The molecule has 5 heteroatoms. The standard InChI is InChI=1S/C15H16Cl2N2S/c16-10-1-4-13(17)14(7-10)20-12-5-6-15(8-12,9-18)19-11-2-3-11/h1,4,7,11-12,19H,2-3,5-6,8H2. The summed E-state index contributed by atoms with van der Waals surface area (Å²) in [4.78, 5) is 1.02. The summed E-state index contributed by atoms with van der Waals surface area (Å²) in [6.07, 6.45) is 5.27. The van der Waals surface area contributed by atoms with Crippen LogP contribution in [0.5, 0.6) is 0 Å². The molecule has 0 spiro atoms. The van der Waals surface area contributed by atoms with Gasteiger partial charge in [-0.25, -0.2) is 0 Å². The average Bonchev–Trinajstić information content (AvgIpc) is 3.14. The topological polar surface area (TPSA) is 35.8 Å². The van der Waals surface area contributed by atoms with Gasteiger partial charge in [0.15, 0.2) is 0 Å². The Kier molecular flexibility index (Phi) is 4.19. The number of hydrogen-bond acceptors (Lipinski definition) is 3. The van der Waals surface area contributed by atoms with E-state index in [9.17, 15) is 5.26 Å². The van der Waals surface area contributed by atoms with Gasteiger partial charge in [-0.3, -0.25) is 5.32 Å². The largest absolute Gasteiger partial charge is 0.297 e. The fraction of sp³-hybridized carbons (Fsp3) is 0.533. The van der Waals surface area contributed by atoms with Crippen LogP contribution in [0.4, 0.5) is 0 Å². The Morgan fingerprint density at radius 3 is 2.80 bits per heavy atom. The number of benzene rings is 1. The molecule has 0 saturated heterocycles. The lowest BCUT2D eigenvalue weighted by Crippen LogP contribution is -2.43. The number of nitrogens with one attached hydrogen (secondary N) is 1. The summed E-state index contributed by atoms with van der Waals surface area (Å²) < 4.78 is 0. The molecule has 2 aliphatic rings. The Labute approximate surface area is 133 Å². The van der Waals surface area contributed by atoms with Crippen molar-refractivity contribution >= 4 is 35.0 Å². The van der Waals surface area contributed by atoms with Gasteiger partial charge >= 0.3 is 0 Å². The van der Waals surface area contributed by atoms with E-state index in [4.69, 9.17) is 23.2 Å². The van der Waals surface area contributed by atoms with Crippen LogP contribution >= 0.6 is 35.0 Å². The summed E-state index contributed by atoms with van der Waals surface area (Å²) in [6, 6.07) is 8.62. The Balaban J connectivity index is 1.67. The molecule has 0 aromatic heterocycles. The molecular weight excluding hydrogens is 311 g/mol. The Bertz CT molecular complexity index is 553. The van der Waals surface area contributed by atoms with Gasteiger partial charge in [0.05, 0.1) is 11.1 Å². The maximum atomic E-state index is 9.51. The highest BCUT2D eigenvalue weighted by Gasteiger charge is 2.43. The van der Waals surface area contributed by atoms with E-state index in [-0.39, 0.29) is 5.54 Å². The second kappa shape index (κ2) is 5.77. The first-order valence-electron chi connectivity index (χ1n) is 6.91. The van der Waals surface area contributed by atoms with Crippen molar-refractivity contribution in [2.75, 3.05) is 0 Å². The van der Waals surface area contributed by atoms with Gasteiger partial charge in [0.1, 0.15) is 5.54 Å². The van der Waals surface area contributed by atoms with Gasteiger partial charge in [-0.05, 0) is 50.3 Å². The lowest BCUT2D eigenvalue weighted by molar-refractivity contribution is 0.420. The second-order valence-electron chi connectivity index (χ2n) is 5.67. The zero-order valence-electron chi connectivity index (χ0n) is 11.0. The van der Waals surface area contributed by atoms with Crippen molar-refractivity contribution in [3.63, 3.8) is 0 Å². The Morgan fingerprint density at radius 2 is 2.10 bits per heavy atom. The van der Waals surface area contributed by atoms with E-state index in [2.05, 4.69) is 11.4 Å². The molecule has 2 atom stereocenters. The molecule has 0 bridgehead atoms. The lowest BCUT2D eigenvalue weighted by Gasteiger charge is -2.22. The molecule has 1 aromatic rings. The number of thioether (sulfide) groups is 1. The van der Waals surface area contributed by atoms with E-state index >= 15 is 0 Å². The minimum Gasteiger partial charge on any atom is -0.297 e. The fourth-order valence-electron chi connectivity index (χ4n) is 2.73. The summed E-state index contributed by atoms with van der Waals surface area (Å²) in [5, 5.41) is 14.9. The van der Waals surface area contributed by atoms with Crippen molar-refractivity contribution in [3.8, 4) is 6.07 Å². The molecule has 3 rings (SSSR count). The number of nitrogens with zero attached hydrogens (tertiary/aromatic N) is 1. The van der Waals surface area contributed by atoms with Gasteiger partial charge < -0.3 is 0 Å². The predicted octanol–water partition coefficient (Wildman–Crippen LogP) is 4.65. The predicted molar refractivity (Wildman–Crippen MR) is 84.5 cm³/mol. The number of hydrogen-bond donors (Lipinski definition) is 1. The molecule has 1 N–H and O–H groups in total. The molecule has 2 fully saturated rings. The molecule has 1 aromatic carbocycles. The van der Waals surface area contributed by atoms with E-state index in [1.54, 1.807) is 17.8 Å². The van der Waals surface area contributed by atoms with E-state index in [0.717, 1.165) is 29.2 Å². The van der Waals surface area contributed by atoms with Crippen molar-refractivity contribution in [1.29, 1.82) is 5.26 Å². The van der Waals surface area contributed by atoms with E-state index in [1.807, 2.05) is 12.1 Å². The van der Waals surface area contributed by atoms with Gasteiger partial charge in [0.25, 0.3) is 0 Å². The van der Waals surface area contributed by atoms with Crippen LogP contribution in [0, 0.1) is 11.3 Å². The highest BCUT2D eigenvalue weighted by molar-refractivity contribution is 8.00. The Hall–Kier alpha value is -0.400. The highest BCUT2D eigenvalue weighted by Crippen LogP contribution is 2.43. The molecule has 2 unspecified atom stereocenters. The van der Waals surface area contributed by atoms with Gasteiger partial charge in [0, 0.05) is 21.2 Å². The minimum atomic E-state index is -0.329. The van der Waals surface area contributed by atoms with Gasteiger partial charge in [-0.2, -0.15) is 5.26 Å². The number of rotatable bonds is 4. The van der Waals surface area contributed by atoms with Crippen molar-refractivity contribution < 1.29 is 0 Å². The zero-order chi connectivity index (χ0) is 14.2. The first-order chi connectivity index (χ1) is 9.60. The first kappa shape index (κ1) is 14.5. The summed E-state index contributed by atoms with van der Waals surface area (Å²) in [6.45, 7) is 0. The molecule has 0 heterocycles. The summed E-state index contributed by atoms with van der Waals surface area (Å²) in [5.41, 5.74) is -0.329. The smallest absolute Gasteiger partial charge is 0.108 e. The monoisotopic (exact) mass is 326 g/mol. The van der Waals surface area contributed by atoms with Crippen LogP contribution in [0.1, 0.15) is 32.1 Å². The molecule has 2 aliphatic carbocycles. The van der Waals surface area contributed by atoms with Crippen LogP contribution in [0.25, 0.3) is 0 Å². The van der Waals surface area contributed by atoms with Crippen LogP contribution in [-0.4, -0.2) is 16.8 Å². The third-order valence-electron chi connectivity index (χ3n) is 3.93. The van der Waals surface area contributed by atoms with E-state index in [1.165, 1.54) is 12.8 Å². The molecule has 20 heavy (non-hydrogen) atoms. The molecule has 2 saturated carbocycles. The van der Waals surface area contributed by atoms with Crippen molar-refractivity contribution in [1.82, 2.24) is 5.32 Å². The van der Waals surface area contributed by atoms with Gasteiger partial charge in [0.2, 0.25) is 0 Å². The summed E-state index contributed by atoms with van der Waals surface area (Å²) in [7, 11) is 0. The van der Waals surface area contributed by atoms with Gasteiger partial charge in [-0.1, -0.05) is 23.2 Å². The van der Waals surface area contributed by atoms with E-state index in [0.29, 0.717) is 16.3 Å². The molecule has 0 amide bonds. The van der Waals surface area contributed by atoms with E-state index < -0.39 is 0 Å². The number of halogens is 2. The third-order valence-corrected chi connectivity index (χ3v) is 5.93. The molecular formula is C15H16Cl2N2S. The van der Waals surface area contributed by atoms with Crippen LogP contribution in [0.15, 0.2) is 23.1 Å². The molecule has 0 aliphatic heterocycles. The highest BCUT2D eigenvalue weighted by atomic mass is 35.5. The fourth-order valence-corrected chi connectivity index (χ4v) is 4.56. The van der Waals surface area contributed by atoms with Crippen molar-refractivity contribution in [2.24, 2.45) is 0 Å². The lowest BCUT2D eigenvalue weighted by atomic mass is 10.00. The Morgan fingerprint density at radius 1 is 1.30 bits per heavy atom. The van der Waals surface area contributed by atoms with Crippen LogP contribution in [-0.2, 0) is 0 Å². The van der Waals surface area contributed by atoms with Gasteiger partial charge in [-0.15, -0.1) is 11.8 Å². The zero-order valence-corrected chi connectivity index (χ0v) is 13.4. The van der Waals surface area contributed by atoms with Crippen LogP contribution in [0.3, 0.4) is 0 Å². The van der Waals surface area contributed by atoms with Crippen LogP contribution in [0.2, 0.25) is 10.0 Å². The third kappa shape index (κ3) is 3.26. The second-order valence-corrected chi connectivity index (χ2v) is 7.86. The first-order valence-corrected chi connectivity index (χ1v) is 8.54. The summed E-state index contributed by atoms with van der Waals surface area (Å²) >= 11 is 14.0. The minimum absolute atomic E-state index is 0.329. The molecule has 106 valence electrons.